The number of nitrogens with one attached hydrogen (secondary N) is 2. The molecule has 2 unspecified atom stereocenters. The lowest BCUT2D eigenvalue weighted by atomic mass is 9.92. The third kappa shape index (κ3) is 4.70. The quantitative estimate of drug-likeness (QED) is 0.661. The van der Waals surface area contributed by atoms with Crippen LogP contribution in [0.4, 0.5) is 11.5 Å². The first-order valence-electron chi connectivity index (χ1n) is 7.45. The van der Waals surface area contributed by atoms with E-state index in [1.807, 2.05) is 12.3 Å². The molecule has 1 aromatic heterocycles. The number of thiocarbonyl (C=S) groups is 1. The van der Waals surface area contributed by atoms with Crippen LogP contribution in [0.1, 0.15) is 20.3 Å². The summed E-state index contributed by atoms with van der Waals surface area (Å²) in [5.74, 6) is 2.50. The van der Waals surface area contributed by atoms with Gasteiger partial charge in [0.15, 0.2) is 5.11 Å². The van der Waals surface area contributed by atoms with Gasteiger partial charge in [-0.3, -0.25) is 0 Å². The van der Waals surface area contributed by atoms with Crippen molar-refractivity contribution in [3.05, 3.63) is 31.0 Å². The smallest absolute Gasteiger partial charge is 0.171 e. The number of nitrogens with zero attached hydrogens (tertiary/aromatic N) is 2. The molecule has 0 saturated carbocycles. The normalized spacial score (nSPS) is 21.7. The number of anilines is 2. The highest BCUT2D eigenvalue weighted by molar-refractivity contribution is 7.80. The van der Waals surface area contributed by atoms with Gasteiger partial charge in [0.2, 0.25) is 0 Å². The van der Waals surface area contributed by atoms with E-state index in [2.05, 4.69) is 47.0 Å². The van der Waals surface area contributed by atoms with Crippen LogP contribution in [-0.2, 0) is 0 Å². The maximum Gasteiger partial charge on any atom is 0.171 e. The van der Waals surface area contributed by atoms with Gasteiger partial charge in [-0.2, -0.15) is 0 Å². The van der Waals surface area contributed by atoms with E-state index in [0.717, 1.165) is 36.4 Å². The molecule has 2 atom stereocenters. The van der Waals surface area contributed by atoms with Crippen molar-refractivity contribution in [3.63, 3.8) is 0 Å². The SMILES string of the molecule is C=CCNC(=S)Nc1ccc(N2CC(C)CC(C)C2)nc1. The van der Waals surface area contributed by atoms with Crippen molar-refractivity contribution in [1.82, 2.24) is 10.3 Å². The number of aromatic nitrogens is 1. The lowest BCUT2D eigenvalue weighted by Gasteiger charge is -2.35. The van der Waals surface area contributed by atoms with Gasteiger partial charge < -0.3 is 15.5 Å². The van der Waals surface area contributed by atoms with Crippen LogP contribution in [0.5, 0.6) is 0 Å². The van der Waals surface area contributed by atoms with Crippen molar-refractivity contribution < 1.29 is 0 Å². The van der Waals surface area contributed by atoms with Gasteiger partial charge in [0.25, 0.3) is 0 Å². The standard InChI is InChI=1S/C16H24N4S/c1-4-7-17-16(21)19-14-5-6-15(18-9-14)20-10-12(2)8-13(3)11-20/h4-6,9,12-13H,1,7-8,10-11H2,2-3H3,(H2,17,19,21). The lowest BCUT2D eigenvalue weighted by Crippen LogP contribution is -2.39. The highest BCUT2D eigenvalue weighted by Gasteiger charge is 2.22. The maximum absolute atomic E-state index is 5.18. The highest BCUT2D eigenvalue weighted by atomic mass is 32.1. The highest BCUT2D eigenvalue weighted by Crippen LogP contribution is 2.25. The Kier molecular flexibility index (Phi) is 5.56. The van der Waals surface area contributed by atoms with Gasteiger partial charge in [-0.15, -0.1) is 6.58 Å². The Morgan fingerprint density at radius 3 is 2.71 bits per heavy atom. The average molecular weight is 304 g/mol. The van der Waals surface area contributed by atoms with E-state index in [1.165, 1.54) is 6.42 Å². The number of rotatable bonds is 4. The molecule has 1 saturated heterocycles. The molecule has 1 aliphatic rings. The summed E-state index contributed by atoms with van der Waals surface area (Å²) >= 11 is 5.18. The first-order valence-corrected chi connectivity index (χ1v) is 7.86. The molecular weight excluding hydrogens is 280 g/mol. The van der Waals surface area contributed by atoms with E-state index < -0.39 is 0 Å². The first kappa shape index (κ1) is 15.8. The summed E-state index contributed by atoms with van der Waals surface area (Å²) < 4.78 is 0. The van der Waals surface area contributed by atoms with Crippen LogP contribution in [0.2, 0.25) is 0 Å². The third-order valence-corrected chi connectivity index (χ3v) is 3.85. The Labute approximate surface area is 132 Å². The Morgan fingerprint density at radius 1 is 1.43 bits per heavy atom. The minimum absolute atomic E-state index is 0.588. The van der Waals surface area contributed by atoms with E-state index in [4.69, 9.17) is 12.2 Å². The summed E-state index contributed by atoms with van der Waals surface area (Å²) in [5, 5.41) is 6.74. The first-order chi connectivity index (χ1) is 10.1. The van der Waals surface area contributed by atoms with Crippen LogP contribution in [-0.4, -0.2) is 29.7 Å². The molecule has 1 fully saturated rings. The minimum Gasteiger partial charge on any atom is -0.359 e. The molecule has 0 aliphatic carbocycles. The van der Waals surface area contributed by atoms with E-state index in [1.54, 1.807) is 6.08 Å². The van der Waals surface area contributed by atoms with Crippen molar-refractivity contribution in [3.8, 4) is 0 Å². The molecule has 0 bridgehead atoms. The third-order valence-electron chi connectivity index (χ3n) is 3.61. The zero-order chi connectivity index (χ0) is 15.2. The van der Waals surface area contributed by atoms with Crippen LogP contribution < -0.4 is 15.5 Å². The Hall–Kier alpha value is -1.62. The number of piperidine rings is 1. The zero-order valence-electron chi connectivity index (χ0n) is 12.8. The van der Waals surface area contributed by atoms with Crippen LogP contribution in [0.25, 0.3) is 0 Å². The summed E-state index contributed by atoms with van der Waals surface area (Å²) in [5.41, 5.74) is 0.901. The molecule has 21 heavy (non-hydrogen) atoms. The summed E-state index contributed by atoms with van der Waals surface area (Å²) in [6, 6.07) is 4.08. The number of hydrogen-bond acceptors (Lipinski definition) is 3. The van der Waals surface area contributed by atoms with Gasteiger partial charge in [0.1, 0.15) is 5.82 Å². The fourth-order valence-electron chi connectivity index (χ4n) is 2.84. The summed E-state index contributed by atoms with van der Waals surface area (Å²) in [6.45, 7) is 11.1. The number of pyridine rings is 1. The summed E-state index contributed by atoms with van der Waals surface area (Å²) in [4.78, 5) is 6.93. The molecule has 0 amide bonds. The molecule has 4 nitrogen and oxygen atoms in total. The molecule has 2 rings (SSSR count). The second-order valence-corrected chi connectivity index (χ2v) is 6.29. The number of hydrogen-bond donors (Lipinski definition) is 2. The Bertz CT molecular complexity index is 476. The molecule has 1 aliphatic heterocycles. The van der Waals surface area contributed by atoms with Crippen molar-refractivity contribution in [2.75, 3.05) is 29.9 Å². The molecule has 1 aromatic rings. The molecular formula is C16H24N4S. The summed E-state index contributed by atoms with van der Waals surface area (Å²) in [7, 11) is 0. The monoisotopic (exact) mass is 304 g/mol. The largest absolute Gasteiger partial charge is 0.359 e. The molecule has 114 valence electrons. The molecule has 5 heteroatoms. The maximum atomic E-state index is 5.18. The van der Waals surface area contributed by atoms with E-state index in [9.17, 15) is 0 Å². The van der Waals surface area contributed by atoms with Gasteiger partial charge in [-0.1, -0.05) is 19.9 Å². The van der Waals surface area contributed by atoms with Crippen LogP contribution in [0, 0.1) is 11.8 Å². The van der Waals surface area contributed by atoms with Crippen LogP contribution in [0.3, 0.4) is 0 Å². The van der Waals surface area contributed by atoms with Gasteiger partial charge in [-0.05, 0) is 42.6 Å². The second-order valence-electron chi connectivity index (χ2n) is 5.88. The van der Waals surface area contributed by atoms with Crippen molar-refractivity contribution in [2.24, 2.45) is 11.8 Å². The van der Waals surface area contributed by atoms with Gasteiger partial charge in [0, 0.05) is 19.6 Å². The van der Waals surface area contributed by atoms with Crippen LogP contribution >= 0.6 is 12.2 Å². The Morgan fingerprint density at radius 2 is 2.14 bits per heavy atom. The van der Waals surface area contributed by atoms with E-state index in [-0.39, 0.29) is 0 Å². The lowest BCUT2D eigenvalue weighted by molar-refractivity contribution is 0.355. The molecule has 0 radical (unpaired) electrons. The minimum atomic E-state index is 0.588. The van der Waals surface area contributed by atoms with E-state index in [0.29, 0.717) is 11.7 Å². The van der Waals surface area contributed by atoms with E-state index >= 15 is 0 Å². The van der Waals surface area contributed by atoms with Crippen molar-refractivity contribution >= 4 is 28.8 Å². The van der Waals surface area contributed by atoms with Crippen LogP contribution in [0.15, 0.2) is 31.0 Å². The fraction of sp³-hybridized carbons (Fsp3) is 0.500. The zero-order valence-corrected chi connectivity index (χ0v) is 13.6. The predicted molar refractivity (Wildman–Crippen MR) is 93.8 cm³/mol. The second kappa shape index (κ2) is 7.41. The summed E-state index contributed by atoms with van der Waals surface area (Å²) in [6.07, 6.45) is 4.91. The Balaban J connectivity index is 1.95. The fourth-order valence-corrected chi connectivity index (χ4v) is 3.04. The predicted octanol–water partition coefficient (Wildman–Crippen LogP) is 3.04. The van der Waals surface area contributed by atoms with Gasteiger partial charge in [0.05, 0.1) is 11.9 Å². The van der Waals surface area contributed by atoms with Crippen molar-refractivity contribution in [2.45, 2.75) is 20.3 Å². The van der Waals surface area contributed by atoms with Gasteiger partial charge in [-0.25, -0.2) is 4.98 Å². The molecule has 2 N–H and O–H groups in total. The molecule has 0 aromatic carbocycles. The van der Waals surface area contributed by atoms with Gasteiger partial charge >= 0.3 is 0 Å². The molecule has 0 spiro atoms. The molecule has 2 heterocycles. The average Bonchev–Trinajstić information content (AvgIpc) is 2.45. The topological polar surface area (TPSA) is 40.2 Å². The van der Waals surface area contributed by atoms with Crippen molar-refractivity contribution in [1.29, 1.82) is 0 Å².